The van der Waals surface area contributed by atoms with Crippen LogP contribution in [-0.4, -0.2) is 41.4 Å². The van der Waals surface area contributed by atoms with E-state index in [1.54, 1.807) is 0 Å². The summed E-state index contributed by atoms with van der Waals surface area (Å²) in [5.74, 6) is -0.403. The number of amides is 2. The number of carbonyl (C=O) groups excluding carboxylic acids is 2. The fourth-order valence-electron chi connectivity index (χ4n) is 4.16. The van der Waals surface area contributed by atoms with Gasteiger partial charge in [0.1, 0.15) is 0 Å². The Morgan fingerprint density at radius 2 is 1.46 bits per heavy atom. The Bertz CT molecular complexity index is 1070. The number of imide groups is 1. The molecule has 4 nitrogen and oxygen atoms in total. The van der Waals surface area contributed by atoms with Gasteiger partial charge in [0.15, 0.2) is 0 Å². The van der Waals surface area contributed by atoms with Crippen LogP contribution >= 0.6 is 0 Å². The summed E-state index contributed by atoms with van der Waals surface area (Å²) in [6.07, 6.45) is 3.11. The summed E-state index contributed by atoms with van der Waals surface area (Å²) in [4.78, 5) is 29.6. The second-order valence-electron chi connectivity index (χ2n) is 7.31. The molecule has 3 aromatic carbocycles. The van der Waals surface area contributed by atoms with Gasteiger partial charge in [-0.05, 0) is 35.1 Å². The number of nitrogens with zero attached hydrogens (tertiary/aromatic N) is 2. The van der Waals surface area contributed by atoms with Gasteiger partial charge in [-0.25, -0.2) is 0 Å². The highest BCUT2D eigenvalue weighted by molar-refractivity contribution is 6.25. The molecule has 0 radical (unpaired) electrons. The molecule has 5 rings (SSSR count). The predicted molar refractivity (Wildman–Crippen MR) is 110 cm³/mol. The number of benzene rings is 3. The molecule has 0 saturated carbocycles. The Morgan fingerprint density at radius 1 is 0.786 bits per heavy atom. The second-order valence-corrected chi connectivity index (χ2v) is 7.31. The van der Waals surface area contributed by atoms with Crippen LogP contribution in [0.4, 0.5) is 0 Å². The monoisotopic (exact) mass is 368 g/mol. The van der Waals surface area contributed by atoms with Crippen molar-refractivity contribution in [2.45, 2.75) is 6.42 Å². The van der Waals surface area contributed by atoms with E-state index in [1.165, 1.54) is 16.0 Å². The minimum atomic E-state index is -0.202. The van der Waals surface area contributed by atoms with Crippen molar-refractivity contribution in [1.29, 1.82) is 0 Å². The second kappa shape index (κ2) is 6.73. The summed E-state index contributed by atoms with van der Waals surface area (Å²) in [6, 6.07) is 21.6. The van der Waals surface area contributed by atoms with Gasteiger partial charge in [0.05, 0.1) is 6.67 Å². The van der Waals surface area contributed by atoms with Gasteiger partial charge in [-0.3, -0.25) is 19.4 Å². The normalized spacial score (nSPS) is 17.1. The summed E-state index contributed by atoms with van der Waals surface area (Å²) in [5, 5.41) is 1.71. The molecule has 3 aromatic rings. The molecule has 0 unspecified atom stereocenters. The summed E-state index contributed by atoms with van der Waals surface area (Å²) < 4.78 is 0. The molecule has 2 heterocycles. The third-order valence-corrected chi connectivity index (χ3v) is 5.64. The van der Waals surface area contributed by atoms with Crippen molar-refractivity contribution >= 4 is 28.2 Å². The predicted octanol–water partition coefficient (Wildman–Crippen LogP) is 4.18. The van der Waals surface area contributed by atoms with Crippen LogP contribution in [0.3, 0.4) is 0 Å². The van der Waals surface area contributed by atoms with Crippen molar-refractivity contribution < 1.29 is 9.59 Å². The Labute approximate surface area is 163 Å². The molecular formula is C24H20N2O2. The highest BCUT2D eigenvalue weighted by atomic mass is 16.2. The fourth-order valence-corrected chi connectivity index (χ4v) is 4.16. The van der Waals surface area contributed by atoms with E-state index in [0.717, 1.165) is 30.3 Å². The molecular weight excluding hydrogens is 348 g/mol. The van der Waals surface area contributed by atoms with Crippen LogP contribution in [0.5, 0.6) is 0 Å². The number of hydrogen-bond donors (Lipinski definition) is 0. The molecule has 0 aromatic heterocycles. The molecule has 4 heteroatoms. The number of carbonyl (C=O) groups is 2. The van der Waals surface area contributed by atoms with Crippen LogP contribution in [0, 0.1) is 0 Å². The molecule has 2 amide bonds. The summed E-state index contributed by atoms with van der Waals surface area (Å²) in [5.41, 5.74) is 3.80. The Balaban J connectivity index is 1.39. The molecule has 138 valence electrons. The molecule has 0 atom stereocenters. The van der Waals surface area contributed by atoms with Crippen molar-refractivity contribution in [1.82, 2.24) is 9.80 Å². The van der Waals surface area contributed by atoms with E-state index in [2.05, 4.69) is 23.1 Å². The van der Waals surface area contributed by atoms with Gasteiger partial charge in [-0.1, -0.05) is 60.7 Å². The molecule has 2 aliphatic heterocycles. The zero-order chi connectivity index (χ0) is 19.1. The molecule has 0 fully saturated rings. The number of rotatable bonds is 3. The summed E-state index contributed by atoms with van der Waals surface area (Å²) >= 11 is 0. The van der Waals surface area contributed by atoms with Crippen LogP contribution in [0.25, 0.3) is 16.3 Å². The van der Waals surface area contributed by atoms with Crippen molar-refractivity contribution in [3.8, 4) is 0 Å². The van der Waals surface area contributed by atoms with Gasteiger partial charge < -0.3 is 0 Å². The first kappa shape index (κ1) is 16.9. The van der Waals surface area contributed by atoms with Crippen LogP contribution in [0.1, 0.15) is 32.7 Å². The molecule has 0 spiro atoms. The van der Waals surface area contributed by atoms with Crippen LogP contribution in [0.15, 0.2) is 72.8 Å². The highest BCUT2D eigenvalue weighted by Gasteiger charge is 2.33. The summed E-state index contributed by atoms with van der Waals surface area (Å²) in [7, 11) is 0. The Hall–Kier alpha value is -3.24. The van der Waals surface area contributed by atoms with Crippen LogP contribution in [0.2, 0.25) is 0 Å². The smallest absolute Gasteiger partial charge is 0.262 e. The Kier molecular flexibility index (Phi) is 4.06. The van der Waals surface area contributed by atoms with E-state index in [-0.39, 0.29) is 11.8 Å². The maximum Gasteiger partial charge on any atom is 0.262 e. The van der Waals surface area contributed by atoms with Crippen molar-refractivity contribution in [3.05, 3.63) is 89.5 Å². The lowest BCUT2D eigenvalue weighted by Crippen LogP contribution is -2.48. The average Bonchev–Trinajstić information content (AvgIpc) is 2.76. The van der Waals surface area contributed by atoms with Crippen molar-refractivity contribution in [2.75, 3.05) is 19.8 Å². The van der Waals surface area contributed by atoms with Gasteiger partial charge >= 0.3 is 0 Å². The maximum atomic E-state index is 13.0. The molecule has 0 aliphatic carbocycles. The van der Waals surface area contributed by atoms with E-state index in [0.29, 0.717) is 17.8 Å². The van der Waals surface area contributed by atoms with Gasteiger partial charge in [0, 0.05) is 29.6 Å². The van der Waals surface area contributed by atoms with Gasteiger partial charge in [-0.2, -0.15) is 0 Å². The first-order valence-electron chi connectivity index (χ1n) is 9.57. The molecule has 2 aliphatic rings. The average molecular weight is 368 g/mol. The van der Waals surface area contributed by atoms with E-state index in [4.69, 9.17) is 0 Å². The lowest BCUT2D eigenvalue weighted by Gasteiger charge is -2.33. The maximum absolute atomic E-state index is 13.0. The molecule has 0 saturated heterocycles. The lowest BCUT2D eigenvalue weighted by molar-refractivity contribution is 0.0507. The zero-order valence-corrected chi connectivity index (χ0v) is 15.5. The minimum Gasteiger partial charge on any atom is -0.281 e. The fraction of sp³-hybridized carbons (Fsp3) is 0.167. The van der Waals surface area contributed by atoms with E-state index in [1.807, 2.05) is 54.6 Å². The zero-order valence-electron chi connectivity index (χ0n) is 15.5. The topological polar surface area (TPSA) is 40.6 Å². The first-order chi connectivity index (χ1) is 13.7. The lowest BCUT2D eigenvalue weighted by atomic mass is 9.94. The van der Waals surface area contributed by atoms with Gasteiger partial charge in [0.2, 0.25) is 0 Å². The molecule has 0 N–H and O–H groups in total. The highest BCUT2D eigenvalue weighted by Crippen LogP contribution is 2.30. The van der Waals surface area contributed by atoms with Crippen LogP contribution < -0.4 is 0 Å². The minimum absolute atomic E-state index is 0.202. The Morgan fingerprint density at radius 3 is 2.07 bits per heavy atom. The van der Waals surface area contributed by atoms with Crippen LogP contribution in [-0.2, 0) is 0 Å². The van der Waals surface area contributed by atoms with Crippen molar-refractivity contribution in [3.63, 3.8) is 0 Å². The SMILES string of the molecule is O=C1c2cccc3cccc(c23)C(=O)N1CN1CC=C(c2ccccc2)CC1. The van der Waals surface area contributed by atoms with Crippen molar-refractivity contribution in [2.24, 2.45) is 0 Å². The standard InChI is InChI=1S/C24H20N2O2/c27-23-20-10-4-8-19-9-5-11-21(22(19)20)24(28)26(23)16-25-14-12-18(13-15-25)17-6-2-1-3-7-17/h1-12H,13-16H2. The quantitative estimate of drug-likeness (QED) is 0.651. The van der Waals surface area contributed by atoms with E-state index in [9.17, 15) is 9.59 Å². The van der Waals surface area contributed by atoms with Gasteiger partial charge in [-0.15, -0.1) is 0 Å². The van der Waals surface area contributed by atoms with E-state index >= 15 is 0 Å². The summed E-state index contributed by atoms with van der Waals surface area (Å²) in [6.45, 7) is 1.87. The molecule has 0 bridgehead atoms. The third kappa shape index (κ3) is 2.74. The number of hydrogen-bond acceptors (Lipinski definition) is 3. The van der Waals surface area contributed by atoms with E-state index < -0.39 is 0 Å². The third-order valence-electron chi connectivity index (χ3n) is 5.64. The largest absolute Gasteiger partial charge is 0.281 e. The molecule has 28 heavy (non-hydrogen) atoms. The van der Waals surface area contributed by atoms with Gasteiger partial charge in [0.25, 0.3) is 11.8 Å². The first-order valence-corrected chi connectivity index (χ1v) is 9.57.